The van der Waals surface area contributed by atoms with E-state index in [0.717, 1.165) is 82.3 Å². The summed E-state index contributed by atoms with van der Waals surface area (Å²) in [5, 5.41) is 7.01. The number of likely N-dealkylation sites (tertiary alicyclic amines) is 1. The van der Waals surface area contributed by atoms with Gasteiger partial charge in [-0.15, -0.1) is 11.8 Å². The highest BCUT2D eigenvalue weighted by Gasteiger charge is 2.18. The normalized spacial score (nSPS) is 22.4. The summed E-state index contributed by atoms with van der Waals surface area (Å²) in [6, 6.07) is 16.2. The van der Waals surface area contributed by atoms with E-state index < -0.39 is 0 Å². The summed E-state index contributed by atoms with van der Waals surface area (Å²) >= 11 is 1.86. The van der Waals surface area contributed by atoms with E-state index in [1.807, 2.05) is 11.8 Å². The summed E-state index contributed by atoms with van der Waals surface area (Å²) in [6.45, 7) is 13.9. The van der Waals surface area contributed by atoms with Gasteiger partial charge < -0.3 is 26.2 Å². The van der Waals surface area contributed by atoms with E-state index in [9.17, 15) is 0 Å². The van der Waals surface area contributed by atoms with Crippen LogP contribution < -0.4 is 21.3 Å². The molecule has 0 spiro atoms. The summed E-state index contributed by atoms with van der Waals surface area (Å²) in [7, 11) is 0. The third-order valence-corrected chi connectivity index (χ3v) is 9.14. The zero-order valence-electron chi connectivity index (χ0n) is 22.9. The van der Waals surface area contributed by atoms with Gasteiger partial charge in [0, 0.05) is 72.7 Å². The molecule has 4 N–H and O–H groups in total. The molecule has 0 aliphatic carbocycles. The lowest BCUT2D eigenvalue weighted by Crippen LogP contribution is -2.43. The number of thioether (sulfide) groups is 1. The van der Waals surface area contributed by atoms with Crippen molar-refractivity contribution in [1.82, 2.24) is 15.5 Å². The van der Waals surface area contributed by atoms with Crippen molar-refractivity contribution in [3.05, 3.63) is 82.4 Å². The monoisotopic (exact) mass is 529 g/mol. The number of allylic oxidation sites excluding steroid dienone is 2. The smallest absolute Gasteiger partial charge is 0.0463 e. The van der Waals surface area contributed by atoms with Crippen LogP contribution in [0.2, 0.25) is 0 Å². The SMILES string of the molecule is C=C(c1ccc(-c2cc(CC/C3=C(N)/C(C)=C/CCNCS3)ccc2N2CCNCC2)cc1)N1CCCC1. The number of benzene rings is 2. The highest BCUT2D eigenvalue weighted by Crippen LogP contribution is 2.35. The van der Waals surface area contributed by atoms with E-state index in [2.05, 4.69) is 82.5 Å². The number of aryl methyl sites for hydroxylation is 1. The number of hydrogen-bond acceptors (Lipinski definition) is 6. The standard InChI is InChI=1S/C32H43N5S/c1-24-6-5-15-35-23-38-31(32(24)33)14-8-26-7-13-30(37-20-16-34-17-21-37)29(22-26)28-11-9-27(10-12-28)25(2)36-18-3-4-19-36/h6-7,9-13,22,34-35H,2-5,8,14-21,23,33H2,1H3/b24-6+,32-31+. The van der Waals surface area contributed by atoms with Crippen molar-refractivity contribution in [2.45, 2.75) is 39.0 Å². The highest BCUT2D eigenvalue weighted by atomic mass is 32.2. The van der Waals surface area contributed by atoms with E-state index in [1.54, 1.807) is 0 Å². The first-order valence-corrected chi connectivity index (χ1v) is 15.2. The van der Waals surface area contributed by atoms with Crippen LogP contribution in [0.4, 0.5) is 5.69 Å². The van der Waals surface area contributed by atoms with Crippen LogP contribution in [-0.4, -0.2) is 56.6 Å². The van der Waals surface area contributed by atoms with Crippen LogP contribution in [0.1, 0.15) is 43.7 Å². The minimum Gasteiger partial charge on any atom is -0.398 e. The Morgan fingerprint density at radius 1 is 0.947 bits per heavy atom. The molecule has 3 aliphatic rings. The Morgan fingerprint density at radius 2 is 1.71 bits per heavy atom. The Kier molecular flexibility index (Phi) is 9.15. The van der Waals surface area contributed by atoms with Crippen molar-refractivity contribution >= 4 is 23.1 Å². The van der Waals surface area contributed by atoms with Crippen LogP contribution in [0.5, 0.6) is 0 Å². The molecule has 2 saturated heterocycles. The molecule has 0 saturated carbocycles. The zero-order chi connectivity index (χ0) is 26.3. The predicted octanol–water partition coefficient (Wildman–Crippen LogP) is 5.56. The average Bonchev–Trinajstić information content (AvgIpc) is 3.52. The summed E-state index contributed by atoms with van der Waals surface area (Å²) in [5.41, 5.74) is 16.4. The maximum Gasteiger partial charge on any atom is 0.0463 e. The fraction of sp³-hybridized carbons (Fsp3) is 0.438. The lowest BCUT2D eigenvalue weighted by Gasteiger charge is -2.31. The summed E-state index contributed by atoms with van der Waals surface area (Å²) < 4.78 is 0. The van der Waals surface area contributed by atoms with E-state index >= 15 is 0 Å². The molecule has 2 aromatic carbocycles. The number of rotatable bonds is 7. The first kappa shape index (κ1) is 26.9. The molecule has 5 rings (SSSR count). The minimum atomic E-state index is 0.916. The van der Waals surface area contributed by atoms with Crippen LogP contribution >= 0.6 is 11.8 Å². The molecular weight excluding hydrogens is 486 g/mol. The van der Waals surface area contributed by atoms with Gasteiger partial charge in [0.25, 0.3) is 0 Å². The number of anilines is 1. The maximum absolute atomic E-state index is 6.59. The van der Waals surface area contributed by atoms with Crippen LogP contribution in [0, 0.1) is 0 Å². The van der Waals surface area contributed by atoms with Crippen molar-refractivity contribution in [2.24, 2.45) is 5.73 Å². The van der Waals surface area contributed by atoms with Gasteiger partial charge >= 0.3 is 0 Å². The first-order valence-electron chi connectivity index (χ1n) is 14.2. The molecular formula is C32H43N5S. The zero-order valence-corrected chi connectivity index (χ0v) is 23.7. The summed E-state index contributed by atoms with van der Waals surface area (Å²) in [4.78, 5) is 6.25. The molecule has 5 nitrogen and oxygen atoms in total. The summed E-state index contributed by atoms with van der Waals surface area (Å²) in [5.74, 6) is 0.916. The largest absolute Gasteiger partial charge is 0.398 e. The van der Waals surface area contributed by atoms with Crippen molar-refractivity contribution in [3.63, 3.8) is 0 Å². The molecule has 202 valence electrons. The van der Waals surface area contributed by atoms with E-state index in [4.69, 9.17) is 5.73 Å². The third-order valence-electron chi connectivity index (χ3n) is 8.02. The van der Waals surface area contributed by atoms with Gasteiger partial charge in [-0.2, -0.15) is 0 Å². The van der Waals surface area contributed by atoms with Crippen molar-refractivity contribution in [3.8, 4) is 11.1 Å². The van der Waals surface area contributed by atoms with Crippen LogP contribution in [-0.2, 0) is 6.42 Å². The van der Waals surface area contributed by atoms with Gasteiger partial charge in [-0.05, 0) is 80.0 Å². The number of hydrogen-bond donors (Lipinski definition) is 3. The lowest BCUT2D eigenvalue weighted by atomic mass is 9.96. The molecule has 0 amide bonds. The van der Waals surface area contributed by atoms with Gasteiger partial charge in [0.1, 0.15) is 0 Å². The second kappa shape index (κ2) is 12.9. The molecule has 2 fully saturated rings. The Labute approximate surface area is 233 Å². The van der Waals surface area contributed by atoms with Crippen LogP contribution in [0.15, 0.2) is 71.3 Å². The molecule has 2 aromatic rings. The third kappa shape index (κ3) is 6.48. The molecule has 3 heterocycles. The van der Waals surface area contributed by atoms with Gasteiger partial charge in [-0.25, -0.2) is 0 Å². The minimum absolute atomic E-state index is 0.916. The molecule has 0 bridgehead atoms. The van der Waals surface area contributed by atoms with Gasteiger partial charge in [0.15, 0.2) is 0 Å². The van der Waals surface area contributed by atoms with Crippen LogP contribution in [0.3, 0.4) is 0 Å². The Morgan fingerprint density at radius 3 is 2.47 bits per heavy atom. The highest BCUT2D eigenvalue weighted by molar-refractivity contribution is 8.03. The summed E-state index contributed by atoms with van der Waals surface area (Å²) in [6.07, 6.45) is 7.77. The Hall–Kier alpha value is -2.67. The predicted molar refractivity (Wildman–Crippen MR) is 165 cm³/mol. The Bertz CT molecular complexity index is 1170. The van der Waals surface area contributed by atoms with Crippen molar-refractivity contribution in [2.75, 3.05) is 56.6 Å². The molecule has 0 radical (unpaired) electrons. The van der Waals surface area contributed by atoms with Gasteiger partial charge in [-0.3, -0.25) is 0 Å². The van der Waals surface area contributed by atoms with E-state index in [1.165, 1.54) is 51.3 Å². The molecule has 6 heteroatoms. The first-order chi connectivity index (χ1) is 18.6. The van der Waals surface area contributed by atoms with E-state index in [0.29, 0.717) is 0 Å². The maximum atomic E-state index is 6.59. The Balaban J connectivity index is 1.40. The van der Waals surface area contributed by atoms with Gasteiger partial charge in [0.2, 0.25) is 0 Å². The quantitative estimate of drug-likeness (QED) is 0.436. The molecule has 3 aliphatic heterocycles. The average molecular weight is 530 g/mol. The van der Waals surface area contributed by atoms with Crippen molar-refractivity contribution in [1.29, 1.82) is 0 Å². The molecule has 0 unspecified atom stereocenters. The second-order valence-electron chi connectivity index (χ2n) is 10.6. The second-order valence-corrected chi connectivity index (χ2v) is 11.7. The fourth-order valence-corrected chi connectivity index (χ4v) is 6.62. The lowest BCUT2D eigenvalue weighted by molar-refractivity contribution is 0.494. The van der Waals surface area contributed by atoms with Gasteiger partial charge in [-0.1, -0.05) is 43.0 Å². The number of nitrogens with one attached hydrogen (secondary N) is 2. The van der Waals surface area contributed by atoms with Crippen LogP contribution in [0.25, 0.3) is 16.8 Å². The molecule has 38 heavy (non-hydrogen) atoms. The number of nitrogens with zero attached hydrogens (tertiary/aromatic N) is 2. The topological polar surface area (TPSA) is 56.6 Å². The fourth-order valence-electron chi connectivity index (χ4n) is 5.64. The molecule has 0 aromatic heterocycles. The van der Waals surface area contributed by atoms with Crippen molar-refractivity contribution < 1.29 is 0 Å². The number of nitrogens with two attached hydrogens (primary N) is 1. The number of piperazine rings is 1. The molecule has 0 atom stereocenters. The van der Waals surface area contributed by atoms with Gasteiger partial charge in [0.05, 0.1) is 0 Å². The van der Waals surface area contributed by atoms with E-state index in [-0.39, 0.29) is 0 Å².